The molecule has 1 aromatic rings. The van der Waals surface area contributed by atoms with Crippen LogP contribution in [0, 0.1) is 0 Å². The lowest BCUT2D eigenvalue weighted by Crippen LogP contribution is -2.50. The number of carbonyl (C=O) groups excluding carboxylic acids is 2. The van der Waals surface area contributed by atoms with Crippen molar-refractivity contribution in [1.29, 1.82) is 0 Å². The van der Waals surface area contributed by atoms with Gasteiger partial charge in [0.25, 0.3) is 0 Å². The number of hydrogen-bond acceptors (Lipinski definition) is 5. The third kappa shape index (κ3) is 5.76. The second kappa shape index (κ2) is 9.99. The zero-order valence-electron chi connectivity index (χ0n) is 16.8. The molecule has 0 atom stereocenters. The second-order valence-corrected chi connectivity index (χ2v) is 8.73. The number of benzene rings is 1. The van der Waals surface area contributed by atoms with Crippen molar-refractivity contribution in [3.05, 3.63) is 29.8 Å². The lowest BCUT2D eigenvalue weighted by atomic mass is 10.2. The molecule has 0 saturated carbocycles. The summed E-state index contributed by atoms with van der Waals surface area (Å²) in [7, 11) is -3.47. The van der Waals surface area contributed by atoms with Crippen LogP contribution in [-0.2, 0) is 26.2 Å². The number of nitrogens with zero attached hydrogens (tertiary/aromatic N) is 3. The van der Waals surface area contributed by atoms with Crippen molar-refractivity contribution >= 4 is 21.8 Å². The van der Waals surface area contributed by atoms with E-state index in [4.69, 9.17) is 0 Å². The van der Waals surface area contributed by atoms with Gasteiger partial charge in [-0.25, -0.2) is 8.42 Å². The van der Waals surface area contributed by atoms with E-state index in [0.29, 0.717) is 52.4 Å². The minimum atomic E-state index is -3.47. The molecule has 28 heavy (non-hydrogen) atoms. The topological polar surface area (TPSA) is 90.0 Å². The first kappa shape index (κ1) is 22.3. The number of carbonyl (C=O) groups is 2. The fraction of sp³-hybridized carbons (Fsp3) is 0.579. The Morgan fingerprint density at radius 2 is 1.61 bits per heavy atom. The molecule has 0 spiro atoms. The first-order valence-corrected chi connectivity index (χ1v) is 11.1. The number of rotatable bonds is 8. The predicted octanol–water partition coefficient (Wildman–Crippen LogP) is 0.497. The van der Waals surface area contributed by atoms with E-state index in [9.17, 15) is 18.0 Å². The van der Waals surface area contributed by atoms with Crippen LogP contribution in [0.1, 0.15) is 26.3 Å². The molecule has 1 heterocycles. The third-order valence-electron chi connectivity index (χ3n) is 4.94. The van der Waals surface area contributed by atoms with Crippen LogP contribution in [0.15, 0.2) is 29.2 Å². The predicted molar refractivity (Wildman–Crippen MR) is 107 cm³/mol. The van der Waals surface area contributed by atoms with E-state index in [1.54, 1.807) is 36.1 Å². The molecule has 9 heteroatoms. The molecule has 0 bridgehead atoms. The molecular weight excluding hydrogens is 380 g/mol. The van der Waals surface area contributed by atoms with Crippen molar-refractivity contribution in [2.45, 2.75) is 32.2 Å². The molecule has 1 fully saturated rings. The average Bonchev–Trinajstić information content (AvgIpc) is 2.68. The van der Waals surface area contributed by atoms with Crippen LogP contribution >= 0.6 is 0 Å². The number of amides is 2. The Morgan fingerprint density at radius 1 is 1.04 bits per heavy atom. The van der Waals surface area contributed by atoms with Gasteiger partial charge in [0.15, 0.2) is 0 Å². The maximum atomic E-state index is 12.5. The van der Waals surface area contributed by atoms with Crippen LogP contribution < -0.4 is 5.32 Å². The highest BCUT2D eigenvalue weighted by molar-refractivity contribution is 7.89. The van der Waals surface area contributed by atoms with Crippen molar-refractivity contribution in [3.8, 4) is 0 Å². The first-order chi connectivity index (χ1) is 13.3. The van der Waals surface area contributed by atoms with Gasteiger partial charge in [-0.15, -0.1) is 0 Å². The number of hydrogen-bond donors (Lipinski definition) is 1. The van der Waals surface area contributed by atoms with Gasteiger partial charge >= 0.3 is 0 Å². The monoisotopic (exact) mass is 410 g/mol. The van der Waals surface area contributed by atoms with E-state index in [0.717, 1.165) is 5.56 Å². The summed E-state index contributed by atoms with van der Waals surface area (Å²) in [5.41, 5.74) is 0.841. The van der Waals surface area contributed by atoms with Crippen LogP contribution in [0.5, 0.6) is 0 Å². The summed E-state index contributed by atoms with van der Waals surface area (Å²) < 4.78 is 26.4. The first-order valence-electron chi connectivity index (χ1n) is 9.61. The van der Waals surface area contributed by atoms with Crippen molar-refractivity contribution in [1.82, 2.24) is 19.4 Å². The molecule has 0 radical (unpaired) electrons. The van der Waals surface area contributed by atoms with Crippen molar-refractivity contribution in [3.63, 3.8) is 0 Å². The molecule has 156 valence electrons. The van der Waals surface area contributed by atoms with Gasteiger partial charge in [0.1, 0.15) is 0 Å². The van der Waals surface area contributed by atoms with Gasteiger partial charge in [-0.1, -0.05) is 26.0 Å². The number of nitrogens with one attached hydrogen (secondary N) is 1. The van der Waals surface area contributed by atoms with Gasteiger partial charge in [0, 0.05) is 52.7 Å². The zero-order chi connectivity index (χ0) is 20.7. The fourth-order valence-corrected chi connectivity index (χ4v) is 4.63. The van der Waals surface area contributed by atoms with Crippen molar-refractivity contribution < 1.29 is 18.0 Å². The van der Waals surface area contributed by atoms with E-state index < -0.39 is 10.0 Å². The van der Waals surface area contributed by atoms with E-state index in [1.807, 2.05) is 18.7 Å². The molecule has 1 saturated heterocycles. The Morgan fingerprint density at radius 3 is 2.11 bits per heavy atom. The minimum absolute atomic E-state index is 0.0653. The molecule has 0 unspecified atom stereocenters. The fourth-order valence-electron chi connectivity index (χ4n) is 3.17. The lowest BCUT2D eigenvalue weighted by Gasteiger charge is -2.33. The highest BCUT2D eigenvalue weighted by atomic mass is 32.2. The van der Waals surface area contributed by atoms with Gasteiger partial charge in [-0.05, 0) is 17.7 Å². The Hall–Kier alpha value is -1.97. The maximum Gasteiger partial charge on any atom is 0.243 e. The second-order valence-electron chi connectivity index (χ2n) is 6.79. The highest BCUT2D eigenvalue weighted by Gasteiger charge is 2.22. The SMILES string of the molecule is CCN(CC)S(=O)(=O)c1ccc(CNC(=O)CN2CCN(C(C)=O)CC2)cc1. The van der Waals surface area contributed by atoms with E-state index in [-0.39, 0.29) is 16.7 Å². The molecule has 0 aliphatic carbocycles. The normalized spacial score (nSPS) is 15.6. The molecule has 1 aliphatic heterocycles. The smallest absolute Gasteiger partial charge is 0.243 e. The van der Waals surface area contributed by atoms with Crippen molar-refractivity contribution in [2.24, 2.45) is 0 Å². The molecule has 0 aromatic heterocycles. The number of piperazine rings is 1. The Kier molecular flexibility index (Phi) is 7.97. The van der Waals surface area contributed by atoms with E-state index in [2.05, 4.69) is 5.32 Å². The zero-order valence-corrected chi connectivity index (χ0v) is 17.7. The van der Waals surface area contributed by atoms with Gasteiger partial charge in [0.2, 0.25) is 21.8 Å². The van der Waals surface area contributed by atoms with Crippen LogP contribution in [0.25, 0.3) is 0 Å². The average molecular weight is 411 g/mol. The molecule has 1 aromatic carbocycles. The van der Waals surface area contributed by atoms with E-state index >= 15 is 0 Å². The summed E-state index contributed by atoms with van der Waals surface area (Å²) in [4.78, 5) is 27.6. The molecular formula is C19H30N4O4S. The lowest BCUT2D eigenvalue weighted by molar-refractivity contribution is -0.131. The minimum Gasteiger partial charge on any atom is -0.351 e. The third-order valence-corrected chi connectivity index (χ3v) is 7.01. The summed E-state index contributed by atoms with van der Waals surface area (Å²) in [6.07, 6.45) is 0. The highest BCUT2D eigenvalue weighted by Crippen LogP contribution is 2.16. The van der Waals surface area contributed by atoms with Gasteiger partial charge in [-0.3, -0.25) is 14.5 Å². The summed E-state index contributed by atoms with van der Waals surface area (Å²) in [6.45, 7) is 9.33. The maximum absolute atomic E-state index is 12.5. The van der Waals surface area contributed by atoms with Crippen LogP contribution in [0.4, 0.5) is 0 Å². The molecule has 1 aliphatic rings. The molecule has 1 N–H and O–H groups in total. The standard InChI is InChI=1S/C19H30N4O4S/c1-4-23(5-2)28(26,27)18-8-6-17(7-9-18)14-20-19(25)15-21-10-12-22(13-11-21)16(3)24/h6-9H,4-5,10-15H2,1-3H3,(H,20,25). The van der Waals surface area contributed by atoms with Gasteiger partial charge in [-0.2, -0.15) is 4.31 Å². The molecule has 8 nitrogen and oxygen atoms in total. The summed E-state index contributed by atoms with van der Waals surface area (Å²) in [6, 6.07) is 6.61. The van der Waals surface area contributed by atoms with Gasteiger partial charge < -0.3 is 10.2 Å². The molecule has 2 rings (SSSR count). The summed E-state index contributed by atoms with van der Waals surface area (Å²) >= 11 is 0. The molecule has 2 amide bonds. The number of sulfonamides is 1. The van der Waals surface area contributed by atoms with Gasteiger partial charge in [0.05, 0.1) is 11.4 Å². The Balaban J connectivity index is 1.83. The van der Waals surface area contributed by atoms with Crippen LogP contribution in [-0.4, -0.2) is 80.2 Å². The Bertz CT molecular complexity index is 768. The van der Waals surface area contributed by atoms with E-state index in [1.165, 1.54) is 4.31 Å². The quantitative estimate of drug-likeness (QED) is 0.674. The summed E-state index contributed by atoms with van der Waals surface area (Å²) in [5, 5.41) is 2.86. The van der Waals surface area contributed by atoms with Crippen molar-refractivity contribution in [2.75, 3.05) is 45.8 Å². The van der Waals surface area contributed by atoms with Crippen LogP contribution in [0.2, 0.25) is 0 Å². The van der Waals surface area contributed by atoms with Crippen LogP contribution in [0.3, 0.4) is 0 Å². The Labute approximate surface area is 167 Å². The largest absolute Gasteiger partial charge is 0.351 e. The summed E-state index contributed by atoms with van der Waals surface area (Å²) in [5.74, 6) is -0.0216.